The number of hydrogen-bond donors (Lipinski definition) is 2. The number of piperidine rings is 1. The van der Waals surface area contributed by atoms with Gasteiger partial charge < -0.3 is 10.6 Å². The van der Waals surface area contributed by atoms with Crippen LogP contribution in [0, 0.1) is 12.8 Å². The quantitative estimate of drug-likeness (QED) is 0.815. The summed E-state index contributed by atoms with van der Waals surface area (Å²) in [6.45, 7) is 5.48. The first-order valence-corrected chi connectivity index (χ1v) is 6.22. The van der Waals surface area contributed by atoms with Gasteiger partial charge in [0.2, 0.25) is 0 Å². The maximum atomic E-state index is 4.34. The number of anilines is 1. The van der Waals surface area contributed by atoms with E-state index >= 15 is 0 Å². The van der Waals surface area contributed by atoms with Crippen LogP contribution in [0.25, 0.3) is 0 Å². The monoisotopic (exact) mass is 219 g/mol. The number of rotatable bonds is 4. The fourth-order valence-electron chi connectivity index (χ4n) is 2.15. The zero-order chi connectivity index (χ0) is 11.2. The van der Waals surface area contributed by atoms with E-state index in [-0.39, 0.29) is 0 Å². The maximum absolute atomic E-state index is 4.34. The average molecular weight is 219 g/mol. The fourth-order valence-corrected chi connectivity index (χ4v) is 2.15. The van der Waals surface area contributed by atoms with E-state index in [4.69, 9.17) is 0 Å². The topological polar surface area (TPSA) is 37.0 Å². The first kappa shape index (κ1) is 11.4. The van der Waals surface area contributed by atoms with Gasteiger partial charge in [0.05, 0.1) is 0 Å². The standard InChI is InChI=1S/C13H21N3/c1-11-2-3-13(16-10-11)15-9-6-12-4-7-14-8-5-12/h2-3,10,12,14H,4-9H2,1H3,(H,15,16). The summed E-state index contributed by atoms with van der Waals surface area (Å²) in [6.07, 6.45) is 5.82. The number of aromatic nitrogens is 1. The van der Waals surface area contributed by atoms with Crippen molar-refractivity contribution in [3.8, 4) is 0 Å². The van der Waals surface area contributed by atoms with E-state index < -0.39 is 0 Å². The van der Waals surface area contributed by atoms with Crippen LogP contribution in [0.5, 0.6) is 0 Å². The molecule has 0 amide bonds. The molecule has 0 atom stereocenters. The predicted octanol–water partition coefficient (Wildman–Crippen LogP) is 2.19. The van der Waals surface area contributed by atoms with Gasteiger partial charge in [-0.05, 0) is 56.8 Å². The van der Waals surface area contributed by atoms with Gasteiger partial charge in [-0.15, -0.1) is 0 Å². The Balaban J connectivity index is 1.69. The molecule has 1 saturated heterocycles. The van der Waals surface area contributed by atoms with Gasteiger partial charge in [-0.2, -0.15) is 0 Å². The molecule has 1 fully saturated rings. The Morgan fingerprint density at radius 2 is 2.19 bits per heavy atom. The third kappa shape index (κ3) is 3.49. The zero-order valence-corrected chi connectivity index (χ0v) is 10.00. The van der Waals surface area contributed by atoms with E-state index in [9.17, 15) is 0 Å². The lowest BCUT2D eigenvalue weighted by atomic mass is 9.95. The average Bonchev–Trinajstić information content (AvgIpc) is 2.33. The molecule has 88 valence electrons. The highest BCUT2D eigenvalue weighted by Crippen LogP contribution is 2.15. The first-order chi connectivity index (χ1) is 7.84. The van der Waals surface area contributed by atoms with Gasteiger partial charge >= 0.3 is 0 Å². The number of pyridine rings is 1. The molecule has 0 spiro atoms. The summed E-state index contributed by atoms with van der Waals surface area (Å²) in [7, 11) is 0. The lowest BCUT2D eigenvalue weighted by Crippen LogP contribution is -2.28. The summed E-state index contributed by atoms with van der Waals surface area (Å²) in [6, 6.07) is 4.15. The Kier molecular flexibility index (Phi) is 4.17. The lowest BCUT2D eigenvalue weighted by molar-refractivity contribution is 0.361. The van der Waals surface area contributed by atoms with E-state index in [0.29, 0.717) is 0 Å². The van der Waals surface area contributed by atoms with Crippen LogP contribution >= 0.6 is 0 Å². The van der Waals surface area contributed by atoms with E-state index in [2.05, 4.69) is 34.7 Å². The fraction of sp³-hybridized carbons (Fsp3) is 0.615. The Labute approximate surface area is 97.7 Å². The molecule has 0 unspecified atom stereocenters. The molecule has 2 N–H and O–H groups in total. The molecule has 1 aliphatic rings. The van der Waals surface area contributed by atoms with Crippen molar-refractivity contribution in [2.75, 3.05) is 25.0 Å². The minimum Gasteiger partial charge on any atom is -0.370 e. The third-order valence-corrected chi connectivity index (χ3v) is 3.23. The van der Waals surface area contributed by atoms with Gasteiger partial charge in [-0.3, -0.25) is 0 Å². The largest absolute Gasteiger partial charge is 0.370 e. The van der Waals surface area contributed by atoms with Crippen molar-refractivity contribution in [1.29, 1.82) is 0 Å². The lowest BCUT2D eigenvalue weighted by Gasteiger charge is -2.22. The van der Waals surface area contributed by atoms with Gasteiger partial charge in [0.1, 0.15) is 5.82 Å². The Bertz CT molecular complexity index is 301. The van der Waals surface area contributed by atoms with Crippen molar-refractivity contribution in [2.45, 2.75) is 26.2 Å². The van der Waals surface area contributed by atoms with Crippen molar-refractivity contribution < 1.29 is 0 Å². The Morgan fingerprint density at radius 3 is 2.88 bits per heavy atom. The normalized spacial score (nSPS) is 17.3. The van der Waals surface area contributed by atoms with Gasteiger partial charge in [-0.1, -0.05) is 6.07 Å². The molecule has 0 aliphatic carbocycles. The highest BCUT2D eigenvalue weighted by Gasteiger charge is 2.11. The summed E-state index contributed by atoms with van der Waals surface area (Å²) in [4.78, 5) is 4.34. The number of nitrogens with one attached hydrogen (secondary N) is 2. The highest BCUT2D eigenvalue weighted by atomic mass is 15.0. The van der Waals surface area contributed by atoms with E-state index in [1.807, 2.05) is 6.20 Å². The Hall–Kier alpha value is -1.09. The van der Waals surface area contributed by atoms with Crippen LogP contribution in [0.15, 0.2) is 18.3 Å². The van der Waals surface area contributed by atoms with E-state index in [1.54, 1.807) is 0 Å². The molecule has 2 rings (SSSR count). The second kappa shape index (κ2) is 5.85. The van der Waals surface area contributed by atoms with Crippen molar-refractivity contribution in [1.82, 2.24) is 10.3 Å². The number of aryl methyl sites for hydroxylation is 1. The minimum atomic E-state index is 0.888. The second-order valence-corrected chi connectivity index (χ2v) is 4.63. The van der Waals surface area contributed by atoms with Crippen LogP contribution < -0.4 is 10.6 Å². The van der Waals surface area contributed by atoms with Crippen LogP contribution in [0.3, 0.4) is 0 Å². The molecule has 16 heavy (non-hydrogen) atoms. The number of nitrogens with zero attached hydrogens (tertiary/aromatic N) is 1. The summed E-state index contributed by atoms with van der Waals surface area (Å²) >= 11 is 0. The molecule has 1 aromatic heterocycles. The van der Waals surface area contributed by atoms with Crippen LogP contribution in [-0.4, -0.2) is 24.6 Å². The van der Waals surface area contributed by atoms with Gasteiger partial charge in [0.15, 0.2) is 0 Å². The third-order valence-electron chi connectivity index (χ3n) is 3.23. The SMILES string of the molecule is Cc1ccc(NCCC2CCNCC2)nc1. The highest BCUT2D eigenvalue weighted by molar-refractivity contribution is 5.34. The van der Waals surface area contributed by atoms with Crippen LogP contribution in [0.1, 0.15) is 24.8 Å². The van der Waals surface area contributed by atoms with Crippen LogP contribution in [0.2, 0.25) is 0 Å². The van der Waals surface area contributed by atoms with Crippen molar-refractivity contribution in [3.63, 3.8) is 0 Å². The Morgan fingerprint density at radius 1 is 1.38 bits per heavy atom. The smallest absolute Gasteiger partial charge is 0.125 e. The van der Waals surface area contributed by atoms with Gasteiger partial charge in [0, 0.05) is 12.7 Å². The molecule has 3 nitrogen and oxygen atoms in total. The zero-order valence-electron chi connectivity index (χ0n) is 10.00. The summed E-state index contributed by atoms with van der Waals surface area (Å²) in [5, 5.41) is 6.78. The molecule has 3 heteroatoms. The van der Waals surface area contributed by atoms with E-state index in [0.717, 1.165) is 18.3 Å². The molecule has 0 aromatic carbocycles. The maximum Gasteiger partial charge on any atom is 0.125 e. The molecular formula is C13H21N3. The first-order valence-electron chi connectivity index (χ1n) is 6.22. The van der Waals surface area contributed by atoms with Gasteiger partial charge in [-0.25, -0.2) is 4.98 Å². The predicted molar refractivity (Wildman–Crippen MR) is 67.7 cm³/mol. The van der Waals surface area contributed by atoms with Crippen LogP contribution in [-0.2, 0) is 0 Å². The summed E-state index contributed by atoms with van der Waals surface area (Å²) < 4.78 is 0. The second-order valence-electron chi connectivity index (χ2n) is 4.63. The van der Waals surface area contributed by atoms with Crippen molar-refractivity contribution in [2.24, 2.45) is 5.92 Å². The van der Waals surface area contributed by atoms with Crippen molar-refractivity contribution in [3.05, 3.63) is 23.9 Å². The number of hydrogen-bond acceptors (Lipinski definition) is 3. The molecule has 0 bridgehead atoms. The van der Waals surface area contributed by atoms with Crippen molar-refractivity contribution >= 4 is 5.82 Å². The molecule has 1 aliphatic heterocycles. The molecule has 1 aromatic rings. The van der Waals surface area contributed by atoms with Crippen LogP contribution in [0.4, 0.5) is 5.82 Å². The molecule has 0 radical (unpaired) electrons. The molecule has 2 heterocycles. The molecule has 0 saturated carbocycles. The summed E-state index contributed by atoms with van der Waals surface area (Å²) in [5.41, 5.74) is 1.21. The molecular weight excluding hydrogens is 198 g/mol. The van der Waals surface area contributed by atoms with E-state index in [1.165, 1.54) is 37.9 Å². The summed E-state index contributed by atoms with van der Waals surface area (Å²) in [5.74, 6) is 1.89. The minimum absolute atomic E-state index is 0.888. The van der Waals surface area contributed by atoms with Gasteiger partial charge in [0.25, 0.3) is 0 Å².